The first-order chi connectivity index (χ1) is 7.75. The van der Waals surface area contributed by atoms with E-state index in [0.717, 1.165) is 6.54 Å². The molecule has 5 heteroatoms. The number of nitrogens with one attached hydrogen (secondary N) is 1. The lowest BCUT2D eigenvalue weighted by molar-refractivity contribution is -0.384. The van der Waals surface area contributed by atoms with E-state index in [2.05, 4.69) is 10.3 Å². The van der Waals surface area contributed by atoms with Gasteiger partial charge >= 0.3 is 0 Å². The summed E-state index contributed by atoms with van der Waals surface area (Å²) in [7, 11) is 0. The Labute approximate surface area is 94.0 Å². The number of pyridine rings is 1. The second kappa shape index (κ2) is 4.92. The number of aromatic nitrogens is 1. The molecule has 0 amide bonds. The molecule has 0 unspecified atom stereocenters. The van der Waals surface area contributed by atoms with Crippen LogP contribution in [-0.2, 0) is 0 Å². The van der Waals surface area contributed by atoms with Crippen molar-refractivity contribution in [3.63, 3.8) is 0 Å². The molecule has 16 heavy (non-hydrogen) atoms. The normalized spacial score (nSPS) is 16.2. The largest absolute Gasteiger partial charge is 0.370 e. The van der Waals surface area contributed by atoms with Crippen molar-refractivity contribution in [2.24, 2.45) is 5.92 Å². The minimum Gasteiger partial charge on any atom is -0.370 e. The number of nitrogens with zero attached hydrogens (tertiary/aromatic N) is 2. The minimum absolute atomic E-state index is 0.0870. The Balaban J connectivity index is 1.93. The van der Waals surface area contributed by atoms with Crippen molar-refractivity contribution >= 4 is 11.5 Å². The van der Waals surface area contributed by atoms with Crippen molar-refractivity contribution < 1.29 is 4.92 Å². The Morgan fingerprint density at radius 3 is 2.94 bits per heavy atom. The monoisotopic (exact) mass is 221 g/mol. The van der Waals surface area contributed by atoms with E-state index in [1.54, 1.807) is 0 Å². The fourth-order valence-corrected chi connectivity index (χ4v) is 2.09. The molecule has 1 saturated carbocycles. The molecule has 86 valence electrons. The molecule has 1 aliphatic rings. The quantitative estimate of drug-likeness (QED) is 0.626. The van der Waals surface area contributed by atoms with Crippen LogP contribution in [0.4, 0.5) is 11.5 Å². The minimum atomic E-state index is -0.400. The summed E-state index contributed by atoms with van der Waals surface area (Å²) >= 11 is 0. The van der Waals surface area contributed by atoms with Crippen LogP contribution in [0.25, 0.3) is 0 Å². The third-order valence-electron chi connectivity index (χ3n) is 3.00. The van der Waals surface area contributed by atoms with Gasteiger partial charge < -0.3 is 5.32 Å². The van der Waals surface area contributed by atoms with E-state index >= 15 is 0 Å². The van der Waals surface area contributed by atoms with Gasteiger partial charge in [-0.05, 0) is 18.8 Å². The molecule has 0 radical (unpaired) electrons. The van der Waals surface area contributed by atoms with Gasteiger partial charge in [0.15, 0.2) is 0 Å². The first kappa shape index (κ1) is 10.9. The Hall–Kier alpha value is -1.65. The highest BCUT2D eigenvalue weighted by atomic mass is 16.6. The van der Waals surface area contributed by atoms with Crippen LogP contribution in [0.3, 0.4) is 0 Å². The van der Waals surface area contributed by atoms with Crippen LogP contribution in [0.15, 0.2) is 18.3 Å². The van der Waals surface area contributed by atoms with Crippen LogP contribution in [0.2, 0.25) is 0 Å². The van der Waals surface area contributed by atoms with Gasteiger partial charge in [0, 0.05) is 18.8 Å². The molecule has 1 heterocycles. The maximum atomic E-state index is 10.6. The molecule has 1 aliphatic carbocycles. The van der Waals surface area contributed by atoms with Crippen molar-refractivity contribution in [1.29, 1.82) is 0 Å². The number of nitro groups is 1. The van der Waals surface area contributed by atoms with Gasteiger partial charge in [0.1, 0.15) is 5.82 Å². The molecule has 0 bridgehead atoms. The molecule has 5 nitrogen and oxygen atoms in total. The van der Waals surface area contributed by atoms with Gasteiger partial charge in [0.25, 0.3) is 5.69 Å². The number of hydrogen-bond acceptors (Lipinski definition) is 4. The highest BCUT2D eigenvalue weighted by Crippen LogP contribution is 2.25. The van der Waals surface area contributed by atoms with Gasteiger partial charge in [-0.1, -0.05) is 12.8 Å². The molecule has 0 spiro atoms. The van der Waals surface area contributed by atoms with Crippen molar-refractivity contribution in [3.05, 3.63) is 28.4 Å². The van der Waals surface area contributed by atoms with Crippen molar-refractivity contribution in [1.82, 2.24) is 4.98 Å². The lowest BCUT2D eigenvalue weighted by Crippen LogP contribution is -2.11. The zero-order valence-corrected chi connectivity index (χ0v) is 9.06. The number of hydrogen-bond donors (Lipinski definition) is 1. The van der Waals surface area contributed by atoms with Gasteiger partial charge in [-0.2, -0.15) is 0 Å². The van der Waals surface area contributed by atoms with Crippen molar-refractivity contribution in [3.8, 4) is 0 Å². The van der Waals surface area contributed by atoms with E-state index in [9.17, 15) is 10.1 Å². The number of rotatable bonds is 4. The summed E-state index contributed by atoms with van der Waals surface area (Å²) in [6.45, 7) is 0.869. The van der Waals surface area contributed by atoms with Crippen LogP contribution in [0.5, 0.6) is 0 Å². The Kier molecular flexibility index (Phi) is 3.34. The molecule has 1 fully saturated rings. The fraction of sp³-hybridized carbons (Fsp3) is 0.545. The van der Waals surface area contributed by atoms with E-state index in [0.29, 0.717) is 11.7 Å². The maximum absolute atomic E-state index is 10.6. The average molecular weight is 221 g/mol. The Morgan fingerprint density at radius 1 is 1.50 bits per heavy atom. The maximum Gasteiger partial charge on any atom is 0.274 e. The van der Waals surface area contributed by atoms with Gasteiger partial charge in [0.05, 0.1) is 11.0 Å². The van der Waals surface area contributed by atoms with Gasteiger partial charge in [-0.15, -0.1) is 0 Å². The summed E-state index contributed by atoms with van der Waals surface area (Å²) in [6, 6.07) is 2.88. The molecule has 0 aliphatic heterocycles. The van der Waals surface area contributed by atoms with Crippen LogP contribution in [0.1, 0.15) is 25.7 Å². The Morgan fingerprint density at radius 2 is 2.25 bits per heavy atom. The second-order valence-corrected chi connectivity index (χ2v) is 4.19. The average Bonchev–Trinajstić information content (AvgIpc) is 2.79. The van der Waals surface area contributed by atoms with Gasteiger partial charge in [-0.25, -0.2) is 4.98 Å². The van der Waals surface area contributed by atoms with Gasteiger partial charge in [0.2, 0.25) is 0 Å². The molecule has 0 aromatic carbocycles. The molecule has 2 rings (SSSR count). The smallest absolute Gasteiger partial charge is 0.274 e. The zero-order valence-electron chi connectivity index (χ0n) is 9.06. The van der Waals surface area contributed by atoms with Crippen molar-refractivity contribution in [2.75, 3.05) is 11.9 Å². The SMILES string of the molecule is O=[N+]([O-])c1ccnc(NCC2CCCC2)c1. The molecular weight excluding hydrogens is 206 g/mol. The molecule has 0 saturated heterocycles. The zero-order chi connectivity index (χ0) is 11.4. The first-order valence-corrected chi connectivity index (χ1v) is 5.60. The topological polar surface area (TPSA) is 68.1 Å². The second-order valence-electron chi connectivity index (χ2n) is 4.19. The van der Waals surface area contributed by atoms with Crippen LogP contribution in [0, 0.1) is 16.0 Å². The number of anilines is 1. The lowest BCUT2D eigenvalue weighted by atomic mass is 10.1. The summed E-state index contributed by atoms with van der Waals surface area (Å²) in [4.78, 5) is 14.2. The van der Waals surface area contributed by atoms with E-state index in [4.69, 9.17) is 0 Å². The van der Waals surface area contributed by atoms with Crippen LogP contribution >= 0.6 is 0 Å². The summed E-state index contributed by atoms with van der Waals surface area (Å²) in [5, 5.41) is 13.7. The third-order valence-corrected chi connectivity index (χ3v) is 3.00. The van der Waals surface area contributed by atoms with E-state index < -0.39 is 4.92 Å². The van der Waals surface area contributed by atoms with E-state index in [-0.39, 0.29) is 5.69 Å². The highest BCUT2D eigenvalue weighted by Gasteiger charge is 2.15. The Bertz CT molecular complexity index is 375. The third kappa shape index (κ3) is 2.68. The van der Waals surface area contributed by atoms with E-state index in [1.165, 1.54) is 44.0 Å². The fourth-order valence-electron chi connectivity index (χ4n) is 2.09. The van der Waals surface area contributed by atoms with Crippen LogP contribution in [-0.4, -0.2) is 16.5 Å². The highest BCUT2D eigenvalue weighted by molar-refractivity contribution is 5.44. The molecular formula is C11H15N3O2. The van der Waals surface area contributed by atoms with Crippen LogP contribution < -0.4 is 5.32 Å². The molecule has 0 atom stereocenters. The van der Waals surface area contributed by atoms with Crippen molar-refractivity contribution in [2.45, 2.75) is 25.7 Å². The predicted octanol–water partition coefficient (Wildman–Crippen LogP) is 2.59. The molecule has 1 aromatic heterocycles. The summed E-state index contributed by atoms with van der Waals surface area (Å²) in [5.41, 5.74) is 0.0870. The lowest BCUT2D eigenvalue weighted by Gasteiger charge is -2.10. The van der Waals surface area contributed by atoms with Gasteiger partial charge in [-0.3, -0.25) is 10.1 Å². The molecule has 1 aromatic rings. The standard InChI is InChI=1S/C11H15N3O2/c15-14(16)10-5-6-12-11(7-10)13-8-9-3-1-2-4-9/h5-7,9H,1-4,8H2,(H,12,13). The summed E-state index contributed by atoms with van der Waals surface area (Å²) < 4.78 is 0. The van der Waals surface area contributed by atoms with E-state index in [1.807, 2.05) is 0 Å². The summed E-state index contributed by atoms with van der Waals surface area (Å²) in [6.07, 6.45) is 6.57. The predicted molar refractivity (Wildman–Crippen MR) is 61.3 cm³/mol. The summed E-state index contributed by atoms with van der Waals surface area (Å²) in [5.74, 6) is 1.29. The molecule has 1 N–H and O–H groups in total. The first-order valence-electron chi connectivity index (χ1n) is 5.60.